The van der Waals surface area contributed by atoms with Crippen LogP contribution >= 0.6 is 0 Å². The molecule has 0 unspecified atom stereocenters. The Bertz CT molecular complexity index is 1010. The van der Waals surface area contributed by atoms with Crippen LogP contribution in [0, 0.1) is 11.3 Å². The number of nitrogens with zero attached hydrogens (tertiary/aromatic N) is 6. The maximum absolute atomic E-state index is 12.4. The average molecular weight is 375 g/mol. The quantitative estimate of drug-likeness (QED) is 0.737. The molecular weight excluding hydrogens is 358 g/mol. The second-order valence-electron chi connectivity index (χ2n) is 6.21. The Morgan fingerprint density at radius 3 is 2.79 bits per heavy atom. The van der Waals surface area contributed by atoms with Gasteiger partial charge >= 0.3 is 0 Å². The van der Waals surface area contributed by atoms with Crippen LogP contribution in [0.25, 0.3) is 0 Å². The van der Waals surface area contributed by atoms with Gasteiger partial charge in [0.1, 0.15) is 0 Å². The van der Waals surface area contributed by atoms with E-state index in [0.717, 1.165) is 0 Å². The van der Waals surface area contributed by atoms with E-state index in [9.17, 15) is 4.79 Å². The third-order valence-electron chi connectivity index (χ3n) is 4.42. The highest BCUT2D eigenvalue weighted by Crippen LogP contribution is 2.18. The van der Waals surface area contributed by atoms with E-state index in [-0.39, 0.29) is 5.91 Å². The van der Waals surface area contributed by atoms with Gasteiger partial charge in [0.2, 0.25) is 5.95 Å². The van der Waals surface area contributed by atoms with Crippen molar-refractivity contribution < 1.29 is 9.21 Å². The van der Waals surface area contributed by atoms with E-state index in [1.165, 1.54) is 6.26 Å². The first-order valence-electron chi connectivity index (χ1n) is 8.77. The molecule has 0 atom stereocenters. The molecule has 9 heteroatoms. The summed E-state index contributed by atoms with van der Waals surface area (Å²) in [6, 6.07) is 12.5. The Kier molecular flexibility index (Phi) is 4.84. The number of aromatic nitrogens is 3. The number of hydrogen-bond donors (Lipinski definition) is 1. The molecule has 1 saturated heterocycles. The van der Waals surface area contributed by atoms with Crippen molar-refractivity contribution in [1.82, 2.24) is 20.1 Å². The van der Waals surface area contributed by atoms with Crippen LogP contribution in [0.2, 0.25) is 0 Å². The highest BCUT2D eigenvalue weighted by atomic mass is 16.3. The molecule has 1 amide bonds. The molecule has 0 saturated carbocycles. The zero-order chi connectivity index (χ0) is 19.3. The largest absolute Gasteiger partial charge is 0.459 e. The summed E-state index contributed by atoms with van der Waals surface area (Å²) in [5, 5.41) is 20.1. The van der Waals surface area contributed by atoms with Crippen molar-refractivity contribution in [3.8, 4) is 6.07 Å². The van der Waals surface area contributed by atoms with Crippen LogP contribution in [-0.2, 0) is 0 Å². The normalized spacial score (nSPS) is 13.8. The van der Waals surface area contributed by atoms with E-state index < -0.39 is 0 Å². The van der Waals surface area contributed by atoms with Gasteiger partial charge in [0.05, 0.1) is 24.1 Å². The summed E-state index contributed by atoms with van der Waals surface area (Å²) in [5.41, 5.74) is 1.26. The van der Waals surface area contributed by atoms with E-state index in [4.69, 9.17) is 9.68 Å². The van der Waals surface area contributed by atoms with Crippen LogP contribution in [0.3, 0.4) is 0 Å². The van der Waals surface area contributed by atoms with Gasteiger partial charge in [-0.3, -0.25) is 4.79 Å². The molecule has 0 radical (unpaired) electrons. The van der Waals surface area contributed by atoms with Crippen molar-refractivity contribution in [3.63, 3.8) is 0 Å². The van der Waals surface area contributed by atoms with E-state index in [0.29, 0.717) is 55.0 Å². The number of nitrogens with one attached hydrogen (secondary N) is 1. The lowest BCUT2D eigenvalue weighted by molar-refractivity contribution is 0.0714. The second kappa shape index (κ2) is 7.75. The summed E-state index contributed by atoms with van der Waals surface area (Å²) in [5.74, 6) is 1.27. The van der Waals surface area contributed by atoms with E-state index >= 15 is 0 Å². The van der Waals surface area contributed by atoms with Gasteiger partial charge in [-0.1, -0.05) is 6.07 Å². The fourth-order valence-corrected chi connectivity index (χ4v) is 2.99. The number of amides is 1. The van der Waals surface area contributed by atoms with Gasteiger partial charge in [-0.05, 0) is 30.3 Å². The lowest BCUT2D eigenvalue weighted by Crippen LogP contribution is -2.49. The summed E-state index contributed by atoms with van der Waals surface area (Å²) in [6.07, 6.45) is 3.10. The predicted molar refractivity (Wildman–Crippen MR) is 101 cm³/mol. The molecule has 9 nitrogen and oxygen atoms in total. The van der Waals surface area contributed by atoms with Gasteiger partial charge in [0.25, 0.3) is 5.91 Å². The number of carbonyl (C=O) groups is 1. The minimum Gasteiger partial charge on any atom is -0.459 e. The van der Waals surface area contributed by atoms with Crippen LogP contribution < -0.4 is 10.2 Å². The molecule has 1 aromatic carbocycles. The zero-order valence-corrected chi connectivity index (χ0v) is 14.9. The van der Waals surface area contributed by atoms with Crippen LogP contribution in [0.15, 0.2) is 53.3 Å². The summed E-state index contributed by atoms with van der Waals surface area (Å²) in [7, 11) is 0. The van der Waals surface area contributed by atoms with E-state index in [1.807, 2.05) is 6.07 Å². The van der Waals surface area contributed by atoms with Crippen molar-refractivity contribution in [2.75, 3.05) is 36.4 Å². The van der Waals surface area contributed by atoms with Crippen molar-refractivity contribution >= 4 is 23.4 Å². The first-order valence-corrected chi connectivity index (χ1v) is 8.77. The second-order valence-corrected chi connectivity index (χ2v) is 6.21. The molecule has 4 rings (SSSR count). The number of nitriles is 1. The molecule has 3 aromatic rings. The van der Waals surface area contributed by atoms with Crippen molar-refractivity contribution in [1.29, 1.82) is 5.26 Å². The minimum absolute atomic E-state index is 0.106. The average Bonchev–Trinajstić information content (AvgIpc) is 3.29. The third-order valence-corrected chi connectivity index (χ3v) is 4.42. The monoisotopic (exact) mass is 375 g/mol. The molecule has 0 bridgehead atoms. The Morgan fingerprint density at radius 1 is 1.18 bits per heavy atom. The van der Waals surface area contributed by atoms with Gasteiger partial charge in [0.15, 0.2) is 11.6 Å². The van der Waals surface area contributed by atoms with Crippen LogP contribution in [0.5, 0.6) is 0 Å². The third kappa shape index (κ3) is 3.76. The molecule has 0 spiro atoms. The lowest BCUT2D eigenvalue weighted by Gasteiger charge is -2.34. The first kappa shape index (κ1) is 17.5. The lowest BCUT2D eigenvalue weighted by atomic mass is 10.2. The molecule has 1 aliphatic rings. The van der Waals surface area contributed by atoms with Gasteiger partial charge < -0.3 is 19.5 Å². The first-order chi connectivity index (χ1) is 13.7. The molecule has 1 fully saturated rings. The molecule has 3 heterocycles. The molecule has 1 aliphatic heterocycles. The molecule has 28 heavy (non-hydrogen) atoms. The smallest absolute Gasteiger partial charge is 0.289 e. The molecule has 140 valence electrons. The number of carbonyl (C=O) groups excluding carboxylic acids is 1. The van der Waals surface area contributed by atoms with Gasteiger partial charge in [-0.25, -0.2) is 0 Å². The fraction of sp³-hybridized carbons (Fsp3) is 0.211. The number of furan rings is 1. The number of rotatable bonds is 4. The summed E-state index contributed by atoms with van der Waals surface area (Å²) in [6.45, 7) is 2.40. The number of piperazine rings is 1. The Morgan fingerprint density at radius 2 is 2.04 bits per heavy atom. The fourth-order valence-electron chi connectivity index (χ4n) is 2.99. The van der Waals surface area contributed by atoms with Crippen LogP contribution in [0.1, 0.15) is 16.1 Å². The SMILES string of the molecule is N#Cc1cccc(Nc2nncc(N3CCN(C(=O)c4ccco4)CC3)n2)c1. The number of anilines is 3. The Hall–Kier alpha value is -3.93. The maximum Gasteiger partial charge on any atom is 0.289 e. The predicted octanol–water partition coefficient (Wildman–Crippen LogP) is 2.04. The Balaban J connectivity index is 1.41. The van der Waals surface area contributed by atoms with Crippen molar-refractivity contribution in [2.24, 2.45) is 0 Å². The maximum atomic E-state index is 12.4. The minimum atomic E-state index is -0.106. The van der Waals surface area contributed by atoms with Crippen molar-refractivity contribution in [2.45, 2.75) is 0 Å². The summed E-state index contributed by atoms with van der Waals surface area (Å²) >= 11 is 0. The topological polar surface area (TPSA) is 111 Å². The van der Waals surface area contributed by atoms with E-state index in [1.54, 1.807) is 41.4 Å². The number of hydrogen-bond acceptors (Lipinski definition) is 8. The standard InChI is InChI=1S/C19H17N7O2/c20-12-14-3-1-4-15(11-14)22-19-23-17(13-21-24-19)25-6-8-26(9-7-25)18(27)16-5-2-10-28-16/h1-5,10-11,13H,6-9H2,(H,22,23,24). The van der Waals surface area contributed by atoms with Gasteiger partial charge in [-0.15, -0.1) is 5.10 Å². The zero-order valence-electron chi connectivity index (χ0n) is 14.9. The van der Waals surface area contributed by atoms with Crippen molar-refractivity contribution in [3.05, 3.63) is 60.2 Å². The van der Waals surface area contributed by atoms with Gasteiger partial charge in [0, 0.05) is 31.9 Å². The highest BCUT2D eigenvalue weighted by molar-refractivity contribution is 5.91. The number of benzene rings is 1. The molecule has 1 N–H and O–H groups in total. The van der Waals surface area contributed by atoms with Crippen LogP contribution in [0.4, 0.5) is 17.5 Å². The Labute approximate surface area is 161 Å². The summed E-state index contributed by atoms with van der Waals surface area (Å²) < 4.78 is 5.18. The van der Waals surface area contributed by atoms with Crippen LogP contribution in [-0.4, -0.2) is 52.2 Å². The molecular formula is C19H17N7O2. The van der Waals surface area contributed by atoms with Gasteiger partial charge in [-0.2, -0.15) is 15.3 Å². The molecule has 0 aliphatic carbocycles. The molecule has 2 aromatic heterocycles. The highest BCUT2D eigenvalue weighted by Gasteiger charge is 2.24. The van der Waals surface area contributed by atoms with E-state index in [2.05, 4.69) is 31.5 Å². The summed E-state index contributed by atoms with van der Waals surface area (Å²) in [4.78, 5) is 20.7.